The van der Waals surface area contributed by atoms with E-state index < -0.39 is 10.0 Å². The van der Waals surface area contributed by atoms with Crippen molar-refractivity contribution in [2.24, 2.45) is 0 Å². The maximum atomic E-state index is 12.0. The molecule has 2 N–H and O–H groups in total. The Hall–Kier alpha value is -1.93. The van der Waals surface area contributed by atoms with Gasteiger partial charge in [-0.1, -0.05) is 5.21 Å². The van der Waals surface area contributed by atoms with Crippen LogP contribution in [0.2, 0.25) is 0 Å². The summed E-state index contributed by atoms with van der Waals surface area (Å²) in [5, 5.41) is 10.4. The molecule has 1 aromatic carbocycles. The Bertz CT molecular complexity index is 622. The van der Waals surface area contributed by atoms with Crippen LogP contribution in [-0.4, -0.2) is 37.0 Å². The molecule has 0 radical (unpaired) electrons. The second-order valence-corrected chi connectivity index (χ2v) is 5.96. The zero-order chi connectivity index (χ0) is 14.4. The van der Waals surface area contributed by atoms with Gasteiger partial charge in [-0.2, -0.15) is 0 Å². The first kappa shape index (κ1) is 14.5. The highest BCUT2D eigenvalue weighted by molar-refractivity contribution is 7.89. The average molecular weight is 295 g/mol. The molecule has 1 aromatic heterocycles. The third-order valence-corrected chi connectivity index (χ3v) is 4.26. The number of nitrogens with zero attached hydrogens (tertiary/aromatic N) is 3. The Balaban J connectivity index is 1.86. The molecule has 7 nitrogen and oxygen atoms in total. The van der Waals surface area contributed by atoms with Crippen molar-refractivity contribution < 1.29 is 8.42 Å². The van der Waals surface area contributed by atoms with Crippen molar-refractivity contribution in [3.63, 3.8) is 0 Å². The van der Waals surface area contributed by atoms with Gasteiger partial charge in [0.2, 0.25) is 10.0 Å². The Kier molecular flexibility index (Phi) is 4.70. The van der Waals surface area contributed by atoms with Crippen LogP contribution in [0.3, 0.4) is 0 Å². The lowest BCUT2D eigenvalue weighted by molar-refractivity contribution is 0.542. The van der Waals surface area contributed by atoms with E-state index in [9.17, 15) is 8.42 Å². The molecule has 0 atom stereocenters. The van der Waals surface area contributed by atoms with E-state index in [2.05, 4.69) is 20.4 Å². The van der Waals surface area contributed by atoms with Crippen LogP contribution in [0.25, 0.3) is 0 Å². The third kappa shape index (κ3) is 3.78. The molecule has 0 amide bonds. The summed E-state index contributed by atoms with van der Waals surface area (Å²) < 4.78 is 28.3. The molecule has 0 aliphatic heterocycles. The third-order valence-electron chi connectivity index (χ3n) is 2.78. The minimum Gasteiger partial charge on any atom is -0.388 e. The molecule has 0 aliphatic carbocycles. The quantitative estimate of drug-likeness (QED) is 0.734. The van der Waals surface area contributed by atoms with Crippen LogP contribution in [0.15, 0.2) is 41.6 Å². The molecule has 2 aromatic rings. The van der Waals surface area contributed by atoms with Crippen molar-refractivity contribution in [3.05, 3.63) is 36.7 Å². The molecule has 0 fully saturated rings. The first-order valence-corrected chi connectivity index (χ1v) is 7.72. The maximum Gasteiger partial charge on any atom is 0.240 e. The van der Waals surface area contributed by atoms with Gasteiger partial charge >= 0.3 is 0 Å². The summed E-state index contributed by atoms with van der Waals surface area (Å²) in [6, 6.07) is 6.60. The van der Waals surface area contributed by atoms with Gasteiger partial charge in [-0.25, -0.2) is 13.1 Å². The van der Waals surface area contributed by atoms with Gasteiger partial charge in [-0.05, 0) is 30.7 Å². The van der Waals surface area contributed by atoms with Crippen molar-refractivity contribution in [1.82, 2.24) is 19.7 Å². The largest absolute Gasteiger partial charge is 0.388 e. The van der Waals surface area contributed by atoms with Crippen LogP contribution >= 0.6 is 0 Å². The summed E-state index contributed by atoms with van der Waals surface area (Å²) in [4.78, 5) is 0.261. The van der Waals surface area contributed by atoms with Crippen LogP contribution in [-0.2, 0) is 16.6 Å². The van der Waals surface area contributed by atoms with Gasteiger partial charge in [0.25, 0.3) is 0 Å². The van der Waals surface area contributed by atoms with Crippen LogP contribution in [0, 0.1) is 0 Å². The van der Waals surface area contributed by atoms with Gasteiger partial charge in [0, 0.05) is 32.0 Å². The van der Waals surface area contributed by atoms with Crippen molar-refractivity contribution in [1.29, 1.82) is 0 Å². The van der Waals surface area contributed by atoms with Crippen LogP contribution in [0.4, 0.5) is 5.69 Å². The minimum absolute atomic E-state index is 0.261. The number of nitrogens with one attached hydrogen (secondary N) is 2. The molecule has 1 heterocycles. The van der Waals surface area contributed by atoms with Crippen molar-refractivity contribution >= 4 is 15.7 Å². The summed E-state index contributed by atoms with van der Waals surface area (Å²) in [7, 11) is -1.67. The fraction of sp³-hybridized carbons (Fsp3) is 0.333. The molecule has 0 saturated heterocycles. The van der Waals surface area contributed by atoms with Crippen molar-refractivity contribution in [2.75, 3.05) is 18.9 Å². The lowest BCUT2D eigenvalue weighted by Crippen LogP contribution is -2.25. The number of rotatable bonds is 7. The van der Waals surface area contributed by atoms with Crippen LogP contribution in [0.1, 0.15) is 6.42 Å². The number of benzene rings is 1. The summed E-state index contributed by atoms with van der Waals surface area (Å²) in [6.07, 6.45) is 3.98. The van der Waals surface area contributed by atoms with Gasteiger partial charge < -0.3 is 5.32 Å². The maximum absolute atomic E-state index is 12.0. The predicted molar refractivity (Wildman–Crippen MR) is 75.8 cm³/mol. The average Bonchev–Trinajstić information content (AvgIpc) is 2.97. The van der Waals surface area contributed by atoms with Gasteiger partial charge in [0.05, 0.1) is 11.1 Å². The Morgan fingerprint density at radius 2 is 2.00 bits per heavy atom. The lowest BCUT2D eigenvalue weighted by atomic mass is 10.3. The summed E-state index contributed by atoms with van der Waals surface area (Å²) in [5.41, 5.74) is 0.870. The lowest BCUT2D eigenvalue weighted by Gasteiger charge is -2.07. The van der Waals surface area contributed by atoms with E-state index in [0.29, 0.717) is 19.5 Å². The molecule has 0 saturated carbocycles. The number of anilines is 1. The second-order valence-electron chi connectivity index (χ2n) is 4.19. The van der Waals surface area contributed by atoms with Crippen molar-refractivity contribution in [2.45, 2.75) is 17.9 Å². The van der Waals surface area contributed by atoms with Crippen molar-refractivity contribution in [3.8, 4) is 0 Å². The normalized spacial score (nSPS) is 11.4. The molecular weight excluding hydrogens is 278 g/mol. The molecule has 2 rings (SSSR count). The van der Waals surface area contributed by atoms with Crippen LogP contribution < -0.4 is 10.0 Å². The molecular formula is C12H17N5O2S. The second kappa shape index (κ2) is 6.49. The molecule has 20 heavy (non-hydrogen) atoms. The van der Waals surface area contributed by atoms with E-state index in [1.54, 1.807) is 48.4 Å². The highest BCUT2D eigenvalue weighted by atomic mass is 32.2. The molecule has 0 unspecified atom stereocenters. The monoisotopic (exact) mass is 295 g/mol. The van der Waals surface area contributed by atoms with Gasteiger partial charge in [-0.3, -0.25) is 4.68 Å². The smallest absolute Gasteiger partial charge is 0.240 e. The molecule has 0 spiro atoms. The molecule has 0 bridgehead atoms. The molecule has 108 valence electrons. The van der Waals surface area contributed by atoms with Crippen LogP contribution in [0.5, 0.6) is 0 Å². The zero-order valence-electron chi connectivity index (χ0n) is 11.2. The first-order chi connectivity index (χ1) is 9.62. The summed E-state index contributed by atoms with van der Waals surface area (Å²) in [6.45, 7) is 0.983. The Morgan fingerprint density at radius 1 is 1.25 bits per heavy atom. The van der Waals surface area contributed by atoms with E-state index in [1.807, 2.05) is 0 Å². The topological polar surface area (TPSA) is 88.9 Å². The Morgan fingerprint density at radius 3 is 2.60 bits per heavy atom. The zero-order valence-corrected chi connectivity index (χ0v) is 12.0. The SMILES string of the molecule is CNc1ccc(S(=O)(=O)NCCCn2ccnn2)cc1. The highest BCUT2D eigenvalue weighted by Crippen LogP contribution is 2.13. The molecule has 8 heteroatoms. The number of hydrogen-bond acceptors (Lipinski definition) is 5. The van der Waals surface area contributed by atoms with E-state index in [-0.39, 0.29) is 4.90 Å². The predicted octanol–water partition coefficient (Wildman–Crippen LogP) is 0.688. The van der Waals surface area contributed by atoms with Gasteiger partial charge in [-0.15, -0.1) is 5.10 Å². The summed E-state index contributed by atoms with van der Waals surface area (Å²) in [5.74, 6) is 0. The fourth-order valence-electron chi connectivity index (χ4n) is 1.68. The molecule has 0 aliphatic rings. The van der Waals surface area contributed by atoms with E-state index >= 15 is 0 Å². The van der Waals surface area contributed by atoms with E-state index in [0.717, 1.165) is 5.69 Å². The summed E-state index contributed by atoms with van der Waals surface area (Å²) >= 11 is 0. The fourth-order valence-corrected chi connectivity index (χ4v) is 2.76. The highest BCUT2D eigenvalue weighted by Gasteiger charge is 2.12. The van der Waals surface area contributed by atoms with Gasteiger partial charge in [0.15, 0.2) is 0 Å². The number of aromatic nitrogens is 3. The minimum atomic E-state index is -3.45. The Labute approximate surface area is 118 Å². The standard InChI is InChI=1S/C12H17N5O2S/c1-13-11-3-5-12(6-4-11)20(18,19)15-7-2-9-17-10-8-14-16-17/h3-6,8,10,13,15H,2,7,9H2,1H3. The first-order valence-electron chi connectivity index (χ1n) is 6.23. The van der Waals surface area contributed by atoms with E-state index in [4.69, 9.17) is 0 Å². The number of aryl methyl sites for hydroxylation is 1. The number of sulfonamides is 1. The van der Waals surface area contributed by atoms with E-state index in [1.165, 1.54) is 0 Å². The van der Waals surface area contributed by atoms with Gasteiger partial charge in [0.1, 0.15) is 0 Å². The number of hydrogen-bond donors (Lipinski definition) is 2.